The fourth-order valence-corrected chi connectivity index (χ4v) is 2.72. The number of hydrogen-bond acceptors (Lipinski definition) is 3. The molecule has 0 radical (unpaired) electrons. The van der Waals surface area contributed by atoms with E-state index in [4.69, 9.17) is 9.84 Å². The predicted octanol–water partition coefficient (Wildman–Crippen LogP) is 1.85. The fourth-order valence-electron chi connectivity index (χ4n) is 2.72. The number of nitrogens with one attached hydrogen (secondary N) is 2. The molecule has 21 heavy (non-hydrogen) atoms. The van der Waals surface area contributed by atoms with Gasteiger partial charge in [-0.25, -0.2) is 4.79 Å². The number of carboxylic acid groups (broad SMARTS) is 1. The van der Waals surface area contributed by atoms with Gasteiger partial charge in [-0.2, -0.15) is 0 Å². The molecule has 6 nitrogen and oxygen atoms in total. The molecular formula is C15H28N2O4. The Morgan fingerprint density at radius 2 is 2.05 bits per heavy atom. The maximum absolute atomic E-state index is 11.8. The van der Waals surface area contributed by atoms with Gasteiger partial charge in [-0.1, -0.05) is 13.8 Å². The van der Waals surface area contributed by atoms with Crippen molar-refractivity contribution in [3.05, 3.63) is 0 Å². The van der Waals surface area contributed by atoms with Crippen LogP contribution in [0.15, 0.2) is 0 Å². The molecule has 1 heterocycles. The highest BCUT2D eigenvalue weighted by molar-refractivity contribution is 5.74. The van der Waals surface area contributed by atoms with Crippen molar-refractivity contribution >= 4 is 12.0 Å². The smallest absolute Gasteiger partial charge is 0.314 e. The summed E-state index contributed by atoms with van der Waals surface area (Å²) in [4.78, 5) is 22.6. The molecule has 2 amide bonds. The molecule has 1 fully saturated rings. The van der Waals surface area contributed by atoms with E-state index in [1.54, 1.807) is 0 Å². The van der Waals surface area contributed by atoms with Crippen molar-refractivity contribution in [2.45, 2.75) is 46.1 Å². The van der Waals surface area contributed by atoms with E-state index in [1.165, 1.54) is 0 Å². The lowest BCUT2D eigenvalue weighted by molar-refractivity contribution is -0.138. The van der Waals surface area contributed by atoms with Gasteiger partial charge in [0, 0.05) is 32.0 Å². The van der Waals surface area contributed by atoms with Crippen LogP contribution in [0.5, 0.6) is 0 Å². The van der Waals surface area contributed by atoms with Crippen molar-refractivity contribution < 1.29 is 19.4 Å². The molecule has 1 aliphatic rings. The Bertz CT molecular complexity index is 347. The third-order valence-corrected chi connectivity index (χ3v) is 3.88. The molecule has 0 bridgehead atoms. The van der Waals surface area contributed by atoms with Gasteiger partial charge >= 0.3 is 12.0 Å². The van der Waals surface area contributed by atoms with Crippen LogP contribution in [0, 0.1) is 17.8 Å². The number of carboxylic acids is 1. The van der Waals surface area contributed by atoms with Gasteiger partial charge in [0.1, 0.15) is 0 Å². The van der Waals surface area contributed by atoms with Crippen molar-refractivity contribution in [1.82, 2.24) is 10.6 Å². The molecule has 1 rings (SSSR count). The molecule has 0 aromatic carbocycles. The standard InChI is InChI=1S/C15H28N2O4/c1-10(2)6-12(7-14(18)19)8-16-15(20)17-9-13-4-5-21-11(13)3/h10-13H,4-9H2,1-3H3,(H,18,19)(H2,16,17,20). The van der Waals surface area contributed by atoms with E-state index in [2.05, 4.69) is 24.5 Å². The van der Waals surface area contributed by atoms with Crippen LogP contribution in [0.3, 0.4) is 0 Å². The zero-order valence-electron chi connectivity index (χ0n) is 13.2. The second-order valence-electron chi connectivity index (χ2n) is 6.31. The Hall–Kier alpha value is -1.30. The number of hydrogen-bond donors (Lipinski definition) is 3. The van der Waals surface area contributed by atoms with E-state index in [-0.39, 0.29) is 24.5 Å². The van der Waals surface area contributed by atoms with E-state index in [0.29, 0.717) is 24.9 Å². The molecule has 6 heteroatoms. The molecular weight excluding hydrogens is 272 g/mol. The lowest BCUT2D eigenvalue weighted by atomic mass is 9.94. The SMILES string of the molecule is CC(C)CC(CNC(=O)NCC1CCOC1C)CC(=O)O. The number of amides is 2. The Morgan fingerprint density at radius 3 is 2.57 bits per heavy atom. The number of rotatable bonds is 8. The summed E-state index contributed by atoms with van der Waals surface area (Å²) in [6, 6.07) is -0.228. The molecule has 122 valence electrons. The molecule has 0 spiro atoms. The molecule has 0 saturated carbocycles. The largest absolute Gasteiger partial charge is 0.481 e. The van der Waals surface area contributed by atoms with Crippen molar-refractivity contribution in [1.29, 1.82) is 0 Å². The van der Waals surface area contributed by atoms with Gasteiger partial charge in [-0.05, 0) is 31.6 Å². The molecule has 3 unspecified atom stereocenters. The first-order valence-electron chi connectivity index (χ1n) is 7.73. The van der Waals surface area contributed by atoms with Gasteiger partial charge < -0.3 is 20.5 Å². The van der Waals surface area contributed by atoms with E-state index in [9.17, 15) is 9.59 Å². The maximum Gasteiger partial charge on any atom is 0.314 e. The summed E-state index contributed by atoms with van der Waals surface area (Å²) in [5, 5.41) is 14.5. The highest BCUT2D eigenvalue weighted by Gasteiger charge is 2.24. The van der Waals surface area contributed by atoms with Gasteiger partial charge in [-0.3, -0.25) is 4.79 Å². The molecule has 0 aliphatic carbocycles. The molecule has 0 aromatic rings. The Morgan fingerprint density at radius 1 is 1.33 bits per heavy atom. The summed E-state index contributed by atoms with van der Waals surface area (Å²) in [7, 11) is 0. The lowest BCUT2D eigenvalue weighted by Crippen LogP contribution is -2.41. The summed E-state index contributed by atoms with van der Waals surface area (Å²) in [6.07, 6.45) is 2.04. The summed E-state index contributed by atoms with van der Waals surface area (Å²) in [6.45, 7) is 7.87. The van der Waals surface area contributed by atoms with E-state index in [1.807, 2.05) is 6.92 Å². The van der Waals surface area contributed by atoms with Crippen molar-refractivity contribution in [2.24, 2.45) is 17.8 Å². The highest BCUT2D eigenvalue weighted by atomic mass is 16.5. The fraction of sp³-hybridized carbons (Fsp3) is 0.867. The van der Waals surface area contributed by atoms with Crippen LogP contribution in [0.25, 0.3) is 0 Å². The molecule has 3 N–H and O–H groups in total. The Labute approximate surface area is 126 Å². The van der Waals surface area contributed by atoms with E-state index < -0.39 is 5.97 Å². The molecule has 1 saturated heterocycles. The second-order valence-corrected chi connectivity index (χ2v) is 6.31. The maximum atomic E-state index is 11.8. The van der Waals surface area contributed by atoms with Crippen LogP contribution < -0.4 is 10.6 Å². The average molecular weight is 300 g/mol. The van der Waals surface area contributed by atoms with Crippen LogP contribution in [-0.2, 0) is 9.53 Å². The summed E-state index contributed by atoms with van der Waals surface area (Å²) >= 11 is 0. The average Bonchev–Trinajstić information content (AvgIpc) is 2.77. The van der Waals surface area contributed by atoms with Gasteiger partial charge in [0.05, 0.1) is 6.10 Å². The third kappa shape index (κ3) is 7.32. The number of urea groups is 1. The molecule has 0 aromatic heterocycles. The van der Waals surface area contributed by atoms with E-state index in [0.717, 1.165) is 19.4 Å². The summed E-state index contributed by atoms with van der Waals surface area (Å²) in [5.41, 5.74) is 0. The summed E-state index contributed by atoms with van der Waals surface area (Å²) in [5.74, 6) is -0.0706. The predicted molar refractivity (Wildman–Crippen MR) is 80.1 cm³/mol. The van der Waals surface area contributed by atoms with Crippen LogP contribution in [0.2, 0.25) is 0 Å². The zero-order valence-corrected chi connectivity index (χ0v) is 13.2. The monoisotopic (exact) mass is 300 g/mol. The Balaban J connectivity index is 2.26. The number of ether oxygens (including phenoxy) is 1. The minimum atomic E-state index is -0.820. The third-order valence-electron chi connectivity index (χ3n) is 3.88. The van der Waals surface area contributed by atoms with Gasteiger partial charge in [0.15, 0.2) is 0 Å². The topological polar surface area (TPSA) is 87.7 Å². The first kappa shape index (κ1) is 17.8. The van der Waals surface area contributed by atoms with E-state index >= 15 is 0 Å². The van der Waals surface area contributed by atoms with Gasteiger partial charge in [-0.15, -0.1) is 0 Å². The second kappa shape index (κ2) is 8.87. The molecule has 1 aliphatic heterocycles. The van der Waals surface area contributed by atoms with Gasteiger partial charge in [0.2, 0.25) is 0 Å². The van der Waals surface area contributed by atoms with Gasteiger partial charge in [0.25, 0.3) is 0 Å². The van der Waals surface area contributed by atoms with Crippen LogP contribution in [0.4, 0.5) is 4.79 Å². The van der Waals surface area contributed by atoms with Crippen molar-refractivity contribution in [3.63, 3.8) is 0 Å². The normalized spacial score (nSPS) is 23.0. The minimum absolute atomic E-state index is 0.0259. The number of carbonyl (C=O) groups excluding carboxylic acids is 1. The summed E-state index contributed by atoms with van der Waals surface area (Å²) < 4.78 is 5.45. The highest BCUT2D eigenvalue weighted by Crippen LogP contribution is 2.19. The lowest BCUT2D eigenvalue weighted by Gasteiger charge is -2.19. The van der Waals surface area contributed by atoms with Crippen LogP contribution in [0.1, 0.15) is 40.0 Å². The van der Waals surface area contributed by atoms with Crippen molar-refractivity contribution in [3.8, 4) is 0 Å². The minimum Gasteiger partial charge on any atom is -0.481 e. The number of aliphatic carboxylic acids is 1. The number of carbonyl (C=O) groups is 2. The quantitative estimate of drug-likeness (QED) is 0.638. The first-order chi connectivity index (χ1) is 9.88. The zero-order chi connectivity index (χ0) is 15.8. The first-order valence-corrected chi connectivity index (χ1v) is 7.73. The van der Waals surface area contributed by atoms with Crippen molar-refractivity contribution in [2.75, 3.05) is 19.7 Å². The Kier molecular flexibility index (Phi) is 7.50. The van der Waals surface area contributed by atoms with Crippen LogP contribution in [-0.4, -0.2) is 42.9 Å². The van der Waals surface area contributed by atoms with Crippen LogP contribution >= 0.6 is 0 Å². The molecule has 3 atom stereocenters.